The molecule has 1 aromatic carbocycles. The Morgan fingerprint density at radius 3 is 3.06 bits per heavy atom. The highest BCUT2D eigenvalue weighted by molar-refractivity contribution is 5.99. The molecular formula is C13H18N2O3. The Hall–Kier alpha value is -1.59. The molecule has 5 heteroatoms. The summed E-state index contributed by atoms with van der Waals surface area (Å²) in [4.78, 5) is 12.0. The van der Waals surface area contributed by atoms with Crippen LogP contribution in [0.25, 0.3) is 0 Å². The molecule has 18 heavy (non-hydrogen) atoms. The molecule has 5 nitrogen and oxygen atoms in total. The molecule has 1 aliphatic rings. The summed E-state index contributed by atoms with van der Waals surface area (Å²) in [6.45, 7) is 2.86. The molecule has 4 N–H and O–H groups in total. The van der Waals surface area contributed by atoms with Crippen molar-refractivity contribution in [2.75, 3.05) is 25.5 Å². The van der Waals surface area contributed by atoms with Crippen molar-refractivity contribution in [1.29, 1.82) is 0 Å². The van der Waals surface area contributed by atoms with Crippen LogP contribution in [0.2, 0.25) is 0 Å². The van der Waals surface area contributed by atoms with Crippen molar-refractivity contribution in [1.82, 2.24) is 5.32 Å². The minimum absolute atomic E-state index is 0.180. The summed E-state index contributed by atoms with van der Waals surface area (Å²) in [6, 6.07) is 5.29. The van der Waals surface area contributed by atoms with E-state index in [4.69, 9.17) is 10.5 Å². The predicted molar refractivity (Wildman–Crippen MR) is 68.3 cm³/mol. The number of carbonyl (C=O) groups is 1. The molecule has 1 aromatic rings. The van der Waals surface area contributed by atoms with Gasteiger partial charge in [0, 0.05) is 25.3 Å². The highest BCUT2D eigenvalue weighted by atomic mass is 16.5. The van der Waals surface area contributed by atoms with Crippen LogP contribution >= 0.6 is 0 Å². The molecule has 0 aliphatic carbocycles. The zero-order chi connectivity index (χ0) is 13.2. The molecular weight excluding hydrogens is 232 g/mol. The van der Waals surface area contributed by atoms with E-state index in [2.05, 4.69) is 5.32 Å². The smallest absolute Gasteiger partial charge is 0.253 e. The SMILES string of the molecule is Cc1ccc(N)c(C(=O)NCC2(O)CCOC2)c1. The number of carbonyl (C=O) groups excluding carboxylic acids is 1. The summed E-state index contributed by atoms with van der Waals surface area (Å²) in [5.74, 6) is -0.267. The largest absolute Gasteiger partial charge is 0.398 e. The minimum Gasteiger partial charge on any atom is -0.398 e. The fraction of sp³-hybridized carbons (Fsp3) is 0.462. The fourth-order valence-corrected chi connectivity index (χ4v) is 1.94. The maximum Gasteiger partial charge on any atom is 0.253 e. The third-order valence-corrected chi connectivity index (χ3v) is 3.11. The third-order valence-electron chi connectivity index (χ3n) is 3.11. The van der Waals surface area contributed by atoms with Crippen LogP contribution in [0.15, 0.2) is 18.2 Å². The van der Waals surface area contributed by atoms with E-state index >= 15 is 0 Å². The molecule has 0 bridgehead atoms. The molecule has 1 atom stereocenters. The van der Waals surface area contributed by atoms with E-state index in [0.29, 0.717) is 24.3 Å². The van der Waals surface area contributed by atoms with Crippen molar-refractivity contribution >= 4 is 11.6 Å². The van der Waals surface area contributed by atoms with Crippen LogP contribution in [0.1, 0.15) is 22.3 Å². The number of ether oxygens (including phenoxy) is 1. The molecule has 1 saturated heterocycles. The second kappa shape index (κ2) is 4.96. The number of aliphatic hydroxyl groups is 1. The van der Waals surface area contributed by atoms with Gasteiger partial charge < -0.3 is 20.9 Å². The first-order valence-corrected chi connectivity index (χ1v) is 5.95. The molecule has 1 fully saturated rings. The summed E-state index contributed by atoms with van der Waals surface area (Å²) in [7, 11) is 0. The first kappa shape index (κ1) is 12.9. The normalized spacial score (nSPS) is 23.0. The number of nitrogens with one attached hydrogen (secondary N) is 1. The Bertz CT molecular complexity index is 454. The van der Waals surface area contributed by atoms with E-state index in [1.54, 1.807) is 12.1 Å². The number of aryl methyl sites for hydroxylation is 1. The number of amides is 1. The van der Waals surface area contributed by atoms with Crippen LogP contribution in [-0.4, -0.2) is 36.4 Å². The molecule has 98 valence electrons. The lowest BCUT2D eigenvalue weighted by Gasteiger charge is -2.20. The summed E-state index contributed by atoms with van der Waals surface area (Å²) >= 11 is 0. The van der Waals surface area contributed by atoms with Gasteiger partial charge in [-0.15, -0.1) is 0 Å². The van der Waals surface area contributed by atoms with Gasteiger partial charge in [-0.3, -0.25) is 4.79 Å². The van der Waals surface area contributed by atoms with Gasteiger partial charge in [0.25, 0.3) is 5.91 Å². The van der Waals surface area contributed by atoms with Crippen molar-refractivity contribution < 1.29 is 14.6 Å². The number of anilines is 1. The fourth-order valence-electron chi connectivity index (χ4n) is 1.94. The number of hydrogen-bond acceptors (Lipinski definition) is 4. The average Bonchev–Trinajstić information content (AvgIpc) is 2.77. The summed E-state index contributed by atoms with van der Waals surface area (Å²) in [5, 5.41) is 12.7. The lowest BCUT2D eigenvalue weighted by atomic mass is 10.0. The first-order valence-electron chi connectivity index (χ1n) is 5.95. The van der Waals surface area contributed by atoms with Crippen LogP contribution < -0.4 is 11.1 Å². The van der Waals surface area contributed by atoms with Crippen LogP contribution in [-0.2, 0) is 4.74 Å². The summed E-state index contributed by atoms with van der Waals surface area (Å²) in [5.41, 5.74) is 6.66. The van der Waals surface area contributed by atoms with Crippen molar-refractivity contribution in [2.24, 2.45) is 0 Å². The zero-order valence-corrected chi connectivity index (χ0v) is 10.4. The number of hydrogen-bond donors (Lipinski definition) is 3. The molecule has 1 unspecified atom stereocenters. The number of nitrogens with two attached hydrogens (primary N) is 1. The third kappa shape index (κ3) is 2.80. The molecule has 0 radical (unpaired) electrons. The molecule has 1 amide bonds. The Kier molecular flexibility index (Phi) is 3.54. The van der Waals surface area contributed by atoms with Gasteiger partial charge in [0.2, 0.25) is 0 Å². The van der Waals surface area contributed by atoms with Crippen LogP contribution in [0.4, 0.5) is 5.69 Å². The van der Waals surface area contributed by atoms with E-state index in [1.165, 1.54) is 0 Å². The van der Waals surface area contributed by atoms with Crippen LogP contribution in [0.5, 0.6) is 0 Å². The minimum atomic E-state index is -0.950. The number of benzene rings is 1. The predicted octanol–water partition coefficient (Wildman–Crippen LogP) is 0.458. The van der Waals surface area contributed by atoms with Gasteiger partial charge in [-0.1, -0.05) is 11.6 Å². The molecule has 2 rings (SSSR count). The van der Waals surface area contributed by atoms with E-state index in [-0.39, 0.29) is 19.1 Å². The van der Waals surface area contributed by atoms with E-state index < -0.39 is 5.60 Å². The maximum absolute atomic E-state index is 12.0. The second-order valence-electron chi connectivity index (χ2n) is 4.80. The molecule has 0 aromatic heterocycles. The van der Waals surface area contributed by atoms with Crippen LogP contribution in [0.3, 0.4) is 0 Å². The highest BCUT2D eigenvalue weighted by Crippen LogP contribution is 2.18. The van der Waals surface area contributed by atoms with Crippen molar-refractivity contribution in [3.63, 3.8) is 0 Å². The highest BCUT2D eigenvalue weighted by Gasteiger charge is 2.32. The van der Waals surface area contributed by atoms with Crippen molar-refractivity contribution in [2.45, 2.75) is 18.9 Å². The Balaban J connectivity index is 2.01. The Morgan fingerprint density at radius 1 is 1.61 bits per heavy atom. The topological polar surface area (TPSA) is 84.6 Å². The van der Waals surface area contributed by atoms with Gasteiger partial charge in [0.05, 0.1) is 12.2 Å². The summed E-state index contributed by atoms with van der Waals surface area (Å²) in [6.07, 6.45) is 0.538. The van der Waals surface area contributed by atoms with Gasteiger partial charge in [-0.2, -0.15) is 0 Å². The Morgan fingerprint density at radius 2 is 2.39 bits per heavy atom. The van der Waals surface area contributed by atoms with Gasteiger partial charge >= 0.3 is 0 Å². The van der Waals surface area contributed by atoms with Gasteiger partial charge in [0.15, 0.2) is 0 Å². The van der Waals surface area contributed by atoms with Gasteiger partial charge in [-0.25, -0.2) is 0 Å². The standard InChI is InChI=1S/C13H18N2O3/c1-9-2-3-11(14)10(6-9)12(16)15-7-13(17)4-5-18-8-13/h2-3,6,17H,4-5,7-8,14H2,1H3,(H,15,16). The van der Waals surface area contributed by atoms with E-state index in [1.807, 2.05) is 13.0 Å². The second-order valence-corrected chi connectivity index (χ2v) is 4.80. The quantitative estimate of drug-likeness (QED) is 0.680. The lowest BCUT2D eigenvalue weighted by molar-refractivity contribution is 0.0265. The van der Waals surface area contributed by atoms with E-state index in [9.17, 15) is 9.90 Å². The molecule has 1 aliphatic heterocycles. The van der Waals surface area contributed by atoms with Crippen molar-refractivity contribution in [3.05, 3.63) is 29.3 Å². The Labute approximate surface area is 106 Å². The summed E-state index contributed by atoms with van der Waals surface area (Å²) < 4.78 is 5.11. The first-order chi connectivity index (χ1) is 8.50. The molecule has 1 heterocycles. The lowest BCUT2D eigenvalue weighted by Crippen LogP contribution is -2.43. The molecule has 0 spiro atoms. The monoisotopic (exact) mass is 250 g/mol. The van der Waals surface area contributed by atoms with Gasteiger partial charge in [-0.05, 0) is 19.1 Å². The number of rotatable bonds is 3. The van der Waals surface area contributed by atoms with Crippen LogP contribution in [0, 0.1) is 6.92 Å². The zero-order valence-electron chi connectivity index (χ0n) is 10.4. The average molecular weight is 250 g/mol. The van der Waals surface area contributed by atoms with Crippen molar-refractivity contribution in [3.8, 4) is 0 Å². The molecule has 0 saturated carbocycles. The van der Waals surface area contributed by atoms with E-state index in [0.717, 1.165) is 5.56 Å². The van der Waals surface area contributed by atoms with Gasteiger partial charge in [0.1, 0.15) is 5.60 Å². The number of nitrogen functional groups attached to an aromatic ring is 1. The maximum atomic E-state index is 12.0.